The van der Waals surface area contributed by atoms with Gasteiger partial charge in [-0.15, -0.1) is 0 Å². The molecule has 0 saturated carbocycles. The molecule has 1 N–H and O–H groups in total. The number of ether oxygens (including phenoxy) is 1. The highest BCUT2D eigenvalue weighted by Gasteiger charge is 2.09. The molecule has 134 valence electrons. The van der Waals surface area contributed by atoms with Crippen molar-refractivity contribution in [3.05, 3.63) is 58.7 Å². The molecule has 0 amide bonds. The van der Waals surface area contributed by atoms with Gasteiger partial charge < -0.3 is 9.84 Å². The number of hydrogen-bond acceptors (Lipinski definition) is 5. The van der Waals surface area contributed by atoms with Crippen LogP contribution in [0.2, 0.25) is 0 Å². The molecule has 0 saturated heterocycles. The summed E-state index contributed by atoms with van der Waals surface area (Å²) in [6.07, 6.45) is 1.11. The quantitative estimate of drug-likeness (QED) is 0.851. The van der Waals surface area contributed by atoms with Crippen molar-refractivity contribution < 1.29 is 28.2 Å². The smallest absolute Gasteiger partial charge is 0.356 e. The van der Waals surface area contributed by atoms with Crippen LogP contribution < -0.4 is 0 Å². The third-order valence-corrected chi connectivity index (χ3v) is 3.02. The molecule has 6 nitrogen and oxygen atoms in total. The van der Waals surface area contributed by atoms with Gasteiger partial charge in [0.2, 0.25) is 0 Å². The lowest BCUT2D eigenvalue weighted by molar-refractivity contribution is 0.0592. The number of nitrogens with zero attached hydrogens (tertiary/aromatic N) is 2. The Labute approximate surface area is 143 Å². The van der Waals surface area contributed by atoms with Crippen molar-refractivity contribution in [3.8, 4) is 0 Å². The van der Waals surface area contributed by atoms with E-state index in [1.807, 2.05) is 6.92 Å². The van der Waals surface area contributed by atoms with Crippen molar-refractivity contribution in [1.29, 1.82) is 0 Å². The zero-order valence-electron chi connectivity index (χ0n) is 14.0. The normalized spacial score (nSPS) is 9.80. The maximum absolute atomic E-state index is 12.9. The molecule has 2 rings (SSSR count). The van der Waals surface area contributed by atoms with Gasteiger partial charge >= 0.3 is 11.9 Å². The summed E-state index contributed by atoms with van der Waals surface area (Å²) < 4.78 is 30.0. The number of carboxylic acids is 1. The Morgan fingerprint density at radius 2 is 1.40 bits per heavy atom. The summed E-state index contributed by atoms with van der Waals surface area (Å²) >= 11 is 0. The summed E-state index contributed by atoms with van der Waals surface area (Å²) in [6.45, 7) is 3.62. The topological polar surface area (TPSA) is 89.4 Å². The zero-order valence-corrected chi connectivity index (χ0v) is 14.0. The number of carbonyl (C=O) groups is 2. The lowest BCUT2D eigenvalue weighted by atomic mass is 10.2. The fraction of sp³-hybridized carbons (Fsp3) is 0.294. The van der Waals surface area contributed by atoms with Gasteiger partial charge in [0.25, 0.3) is 0 Å². The molecule has 25 heavy (non-hydrogen) atoms. The van der Waals surface area contributed by atoms with Crippen LogP contribution in [0.4, 0.5) is 8.78 Å². The molecule has 0 unspecified atom stereocenters. The summed E-state index contributed by atoms with van der Waals surface area (Å²) in [4.78, 5) is 29.0. The van der Waals surface area contributed by atoms with Crippen LogP contribution in [0.3, 0.4) is 0 Å². The van der Waals surface area contributed by atoms with E-state index in [1.165, 1.54) is 19.2 Å². The summed E-state index contributed by atoms with van der Waals surface area (Å²) in [5.74, 6) is -2.84. The molecular formula is C17H18F2N2O4. The number of carboxylic acid groups (broad SMARTS) is 1. The highest BCUT2D eigenvalue weighted by Crippen LogP contribution is 2.06. The van der Waals surface area contributed by atoms with Gasteiger partial charge in [0.05, 0.1) is 7.11 Å². The number of methoxy groups -OCH3 is 1. The van der Waals surface area contributed by atoms with Crippen LogP contribution in [-0.2, 0) is 17.6 Å². The van der Waals surface area contributed by atoms with Crippen LogP contribution in [0.1, 0.15) is 46.2 Å². The number of aromatic carboxylic acids is 1. The Balaban J connectivity index is 0.000000251. The van der Waals surface area contributed by atoms with Gasteiger partial charge in [0.15, 0.2) is 11.4 Å². The average Bonchev–Trinajstić information content (AvgIpc) is 2.60. The van der Waals surface area contributed by atoms with E-state index in [-0.39, 0.29) is 11.4 Å². The number of hydrogen-bond donors (Lipinski definition) is 1. The van der Waals surface area contributed by atoms with E-state index >= 15 is 0 Å². The van der Waals surface area contributed by atoms with Crippen LogP contribution in [0, 0.1) is 11.6 Å². The molecule has 2 aromatic heterocycles. The Hall–Kier alpha value is -2.90. The SMILES string of the molecule is CCc1cc(F)cc(C(=O)O)n1.CCc1cc(F)cc(C(=O)OC)n1. The molecule has 0 fully saturated rings. The molecule has 0 aliphatic heterocycles. The van der Waals surface area contributed by atoms with Gasteiger partial charge in [-0.25, -0.2) is 28.3 Å². The third-order valence-electron chi connectivity index (χ3n) is 3.02. The molecule has 2 heterocycles. The summed E-state index contributed by atoms with van der Waals surface area (Å²) in [5.41, 5.74) is 0.763. The number of aryl methyl sites for hydroxylation is 2. The molecule has 8 heteroatoms. The third kappa shape index (κ3) is 6.25. The lowest BCUT2D eigenvalue weighted by Crippen LogP contribution is -2.06. The standard InChI is InChI=1S/C9H10FNO2.C8H8FNO2/c1-3-7-4-6(10)5-8(11-7)9(12)13-2;1-2-6-3-5(9)4-7(10-6)8(11)12/h4-5H,3H2,1-2H3;3-4H,2H2,1H3,(H,11,12). The number of aromatic nitrogens is 2. The van der Waals surface area contributed by atoms with E-state index in [9.17, 15) is 18.4 Å². The van der Waals surface area contributed by atoms with E-state index < -0.39 is 23.6 Å². The van der Waals surface area contributed by atoms with Gasteiger partial charge in [0.1, 0.15) is 11.6 Å². The first-order valence-electron chi connectivity index (χ1n) is 7.45. The Bertz CT molecular complexity index is 766. The minimum Gasteiger partial charge on any atom is -0.477 e. The predicted molar refractivity (Wildman–Crippen MR) is 85.4 cm³/mol. The molecular weight excluding hydrogens is 334 g/mol. The van der Waals surface area contributed by atoms with Crippen molar-refractivity contribution in [1.82, 2.24) is 9.97 Å². The highest BCUT2D eigenvalue weighted by atomic mass is 19.1. The number of rotatable bonds is 4. The van der Waals surface area contributed by atoms with Crippen molar-refractivity contribution in [3.63, 3.8) is 0 Å². The molecule has 0 atom stereocenters. The molecule has 0 aliphatic rings. The first-order valence-corrected chi connectivity index (χ1v) is 7.45. The van der Waals surface area contributed by atoms with Crippen molar-refractivity contribution in [2.24, 2.45) is 0 Å². The Morgan fingerprint density at radius 3 is 1.80 bits per heavy atom. The first-order chi connectivity index (χ1) is 11.8. The van der Waals surface area contributed by atoms with Crippen LogP contribution in [0.25, 0.3) is 0 Å². The van der Waals surface area contributed by atoms with Crippen molar-refractivity contribution >= 4 is 11.9 Å². The Morgan fingerprint density at radius 1 is 0.960 bits per heavy atom. The fourth-order valence-electron chi connectivity index (χ4n) is 1.78. The number of pyridine rings is 2. The minimum absolute atomic E-state index is 0.0133. The molecule has 2 aromatic rings. The van der Waals surface area contributed by atoms with Gasteiger partial charge in [0, 0.05) is 23.5 Å². The second-order valence-corrected chi connectivity index (χ2v) is 4.83. The minimum atomic E-state index is -1.20. The molecule has 0 aliphatic carbocycles. The maximum Gasteiger partial charge on any atom is 0.356 e. The zero-order chi connectivity index (χ0) is 19.0. The van der Waals surface area contributed by atoms with Gasteiger partial charge in [-0.3, -0.25) is 0 Å². The van der Waals surface area contributed by atoms with Crippen LogP contribution in [-0.4, -0.2) is 34.1 Å². The molecule has 0 aromatic carbocycles. The second-order valence-electron chi connectivity index (χ2n) is 4.83. The molecule has 0 bridgehead atoms. The monoisotopic (exact) mass is 352 g/mol. The van der Waals surface area contributed by atoms with E-state index in [1.54, 1.807) is 6.92 Å². The predicted octanol–water partition coefficient (Wildman–Crippen LogP) is 3.05. The van der Waals surface area contributed by atoms with E-state index in [0.29, 0.717) is 24.2 Å². The lowest BCUT2D eigenvalue weighted by Gasteiger charge is -2.01. The van der Waals surface area contributed by atoms with E-state index in [0.717, 1.165) is 12.1 Å². The van der Waals surface area contributed by atoms with Crippen LogP contribution >= 0.6 is 0 Å². The first kappa shape index (κ1) is 20.1. The summed E-state index contributed by atoms with van der Waals surface area (Å²) in [6, 6.07) is 4.49. The Kier molecular flexibility index (Phi) is 7.58. The molecule has 0 spiro atoms. The van der Waals surface area contributed by atoms with Crippen LogP contribution in [0.15, 0.2) is 24.3 Å². The highest BCUT2D eigenvalue weighted by molar-refractivity contribution is 5.87. The largest absolute Gasteiger partial charge is 0.477 e. The van der Waals surface area contributed by atoms with Gasteiger partial charge in [-0.1, -0.05) is 13.8 Å². The maximum atomic E-state index is 12.9. The summed E-state index contributed by atoms with van der Waals surface area (Å²) in [7, 11) is 1.24. The van der Waals surface area contributed by atoms with Crippen molar-refractivity contribution in [2.45, 2.75) is 26.7 Å². The number of carbonyl (C=O) groups excluding carboxylic acids is 1. The fourth-order valence-corrected chi connectivity index (χ4v) is 1.78. The van der Waals surface area contributed by atoms with E-state index in [4.69, 9.17) is 5.11 Å². The average molecular weight is 352 g/mol. The van der Waals surface area contributed by atoms with E-state index in [2.05, 4.69) is 14.7 Å². The number of halogens is 2. The van der Waals surface area contributed by atoms with Crippen molar-refractivity contribution in [2.75, 3.05) is 7.11 Å². The van der Waals surface area contributed by atoms with Gasteiger partial charge in [-0.2, -0.15) is 0 Å². The molecule has 0 radical (unpaired) electrons. The summed E-state index contributed by atoms with van der Waals surface area (Å²) in [5, 5.41) is 8.50. The second kappa shape index (κ2) is 9.41. The van der Waals surface area contributed by atoms with Gasteiger partial charge in [-0.05, 0) is 25.0 Å². The van der Waals surface area contributed by atoms with Crippen LogP contribution in [0.5, 0.6) is 0 Å². The number of esters is 1.